The first-order chi connectivity index (χ1) is 10.2. The fraction of sp³-hybridized carbons (Fsp3) is 0.250. The monoisotopic (exact) mass is 299 g/mol. The van der Waals surface area contributed by atoms with Crippen LogP contribution in [0.5, 0.6) is 0 Å². The normalized spacial score (nSPS) is 11.6. The predicted octanol–water partition coefficient (Wildman–Crippen LogP) is 3.61. The van der Waals surface area contributed by atoms with E-state index in [1.54, 1.807) is 11.8 Å². The minimum Gasteiger partial charge on any atom is -0.322 e. The second-order valence-corrected chi connectivity index (χ2v) is 5.57. The molecule has 2 rings (SSSR count). The van der Waals surface area contributed by atoms with E-state index in [1.165, 1.54) is 0 Å². The Labute approximate surface area is 128 Å². The first kappa shape index (κ1) is 15.2. The lowest BCUT2D eigenvalue weighted by Gasteiger charge is -2.13. The largest absolute Gasteiger partial charge is 0.322 e. The van der Waals surface area contributed by atoms with Gasteiger partial charge >= 0.3 is 6.03 Å². The van der Waals surface area contributed by atoms with E-state index in [2.05, 4.69) is 16.7 Å². The molecule has 0 saturated carbocycles. The molecule has 21 heavy (non-hydrogen) atoms. The highest BCUT2D eigenvalue weighted by Crippen LogP contribution is 2.22. The standard InChI is InChI=1S/C16H17N3OS/c1-21-10-9-13(11-17)18-16(20)19-15-8-4-6-12-5-2-3-7-14(12)15/h2-8,13H,9-10H2,1H3,(H2,18,19,20). The number of nitrogens with one attached hydrogen (secondary N) is 2. The smallest absolute Gasteiger partial charge is 0.320 e. The predicted molar refractivity (Wildman–Crippen MR) is 88.5 cm³/mol. The van der Waals surface area contributed by atoms with Gasteiger partial charge in [-0.05, 0) is 29.9 Å². The molecular weight excluding hydrogens is 282 g/mol. The van der Waals surface area contributed by atoms with Crippen molar-refractivity contribution < 1.29 is 4.79 Å². The Morgan fingerprint density at radius 1 is 1.29 bits per heavy atom. The summed E-state index contributed by atoms with van der Waals surface area (Å²) >= 11 is 1.66. The van der Waals surface area contributed by atoms with Crippen molar-refractivity contribution in [1.82, 2.24) is 5.32 Å². The molecule has 1 atom stereocenters. The molecular formula is C16H17N3OS. The minimum atomic E-state index is -0.465. The van der Waals surface area contributed by atoms with Crippen molar-refractivity contribution in [3.8, 4) is 6.07 Å². The second-order valence-electron chi connectivity index (χ2n) is 4.59. The molecule has 0 aliphatic carbocycles. The third-order valence-corrected chi connectivity index (χ3v) is 3.75. The van der Waals surface area contributed by atoms with Crippen LogP contribution in [0.3, 0.4) is 0 Å². The number of nitrogens with zero attached hydrogens (tertiary/aromatic N) is 1. The van der Waals surface area contributed by atoms with Crippen LogP contribution in [-0.4, -0.2) is 24.1 Å². The number of urea groups is 1. The molecule has 1 unspecified atom stereocenters. The summed E-state index contributed by atoms with van der Waals surface area (Å²) in [5, 5.41) is 16.6. The Morgan fingerprint density at radius 3 is 2.81 bits per heavy atom. The molecule has 0 spiro atoms. The molecule has 2 aromatic rings. The Kier molecular flexibility index (Phi) is 5.47. The fourth-order valence-corrected chi connectivity index (χ4v) is 2.53. The van der Waals surface area contributed by atoms with Gasteiger partial charge in [0.05, 0.1) is 11.8 Å². The lowest BCUT2D eigenvalue weighted by molar-refractivity contribution is 0.250. The summed E-state index contributed by atoms with van der Waals surface area (Å²) in [5.41, 5.74) is 0.743. The van der Waals surface area contributed by atoms with Crippen LogP contribution in [0.4, 0.5) is 10.5 Å². The van der Waals surface area contributed by atoms with E-state index in [0.717, 1.165) is 22.2 Å². The van der Waals surface area contributed by atoms with Crippen molar-refractivity contribution in [1.29, 1.82) is 5.26 Å². The van der Waals surface area contributed by atoms with Crippen LogP contribution in [0.15, 0.2) is 42.5 Å². The number of benzene rings is 2. The van der Waals surface area contributed by atoms with Gasteiger partial charge in [-0.15, -0.1) is 0 Å². The Bertz CT molecular complexity index is 661. The fourth-order valence-electron chi connectivity index (χ4n) is 2.06. The highest BCUT2D eigenvalue weighted by molar-refractivity contribution is 7.98. The maximum atomic E-state index is 12.0. The van der Waals surface area contributed by atoms with E-state index >= 15 is 0 Å². The molecule has 0 aliphatic rings. The molecule has 0 radical (unpaired) electrons. The summed E-state index contributed by atoms with van der Waals surface area (Å²) < 4.78 is 0. The summed E-state index contributed by atoms with van der Waals surface area (Å²) in [7, 11) is 0. The van der Waals surface area contributed by atoms with Gasteiger partial charge < -0.3 is 10.6 Å². The first-order valence-corrected chi connectivity index (χ1v) is 8.08. The number of hydrogen-bond acceptors (Lipinski definition) is 3. The van der Waals surface area contributed by atoms with Crippen LogP contribution < -0.4 is 10.6 Å². The van der Waals surface area contributed by atoms with Crippen LogP contribution in [0.25, 0.3) is 10.8 Å². The number of carbonyl (C=O) groups is 1. The van der Waals surface area contributed by atoms with Crippen molar-refractivity contribution in [3.05, 3.63) is 42.5 Å². The number of carbonyl (C=O) groups excluding carboxylic acids is 1. The lowest BCUT2D eigenvalue weighted by Crippen LogP contribution is -2.37. The number of rotatable bonds is 5. The lowest BCUT2D eigenvalue weighted by atomic mass is 10.1. The van der Waals surface area contributed by atoms with E-state index in [9.17, 15) is 4.79 Å². The van der Waals surface area contributed by atoms with Gasteiger partial charge in [-0.1, -0.05) is 36.4 Å². The average Bonchev–Trinajstić information content (AvgIpc) is 2.51. The van der Waals surface area contributed by atoms with Crippen molar-refractivity contribution in [2.75, 3.05) is 17.3 Å². The zero-order chi connectivity index (χ0) is 15.1. The molecule has 0 fully saturated rings. The summed E-state index contributed by atoms with van der Waals surface area (Å²) in [6.45, 7) is 0. The van der Waals surface area contributed by atoms with Crippen LogP contribution in [0.2, 0.25) is 0 Å². The summed E-state index contributed by atoms with van der Waals surface area (Å²) in [4.78, 5) is 12.0. The van der Waals surface area contributed by atoms with E-state index in [1.807, 2.05) is 48.7 Å². The topological polar surface area (TPSA) is 64.9 Å². The minimum absolute atomic E-state index is 0.348. The SMILES string of the molecule is CSCCC(C#N)NC(=O)Nc1cccc2ccccc12. The third-order valence-electron chi connectivity index (χ3n) is 3.11. The van der Waals surface area contributed by atoms with Gasteiger partial charge in [-0.25, -0.2) is 4.79 Å². The zero-order valence-corrected chi connectivity index (χ0v) is 12.6. The van der Waals surface area contributed by atoms with Crippen LogP contribution in [0.1, 0.15) is 6.42 Å². The third kappa shape index (κ3) is 4.14. The van der Waals surface area contributed by atoms with Crippen LogP contribution in [0, 0.1) is 11.3 Å². The quantitative estimate of drug-likeness (QED) is 0.886. The maximum absolute atomic E-state index is 12.0. The van der Waals surface area contributed by atoms with Gasteiger partial charge in [-0.3, -0.25) is 0 Å². The van der Waals surface area contributed by atoms with Gasteiger partial charge in [0.15, 0.2) is 0 Å². The maximum Gasteiger partial charge on any atom is 0.320 e. The molecule has 0 saturated heterocycles. The van der Waals surface area contributed by atoms with Crippen molar-refractivity contribution >= 4 is 34.3 Å². The van der Waals surface area contributed by atoms with E-state index < -0.39 is 6.04 Å². The molecule has 0 bridgehead atoms. The Hall–Kier alpha value is -2.19. The molecule has 2 amide bonds. The van der Waals surface area contributed by atoms with Crippen LogP contribution >= 0.6 is 11.8 Å². The van der Waals surface area contributed by atoms with E-state index in [4.69, 9.17) is 5.26 Å². The summed E-state index contributed by atoms with van der Waals surface area (Å²) in [6, 6.07) is 14.9. The van der Waals surface area contributed by atoms with E-state index in [0.29, 0.717) is 6.42 Å². The highest BCUT2D eigenvalue weighted by atomic mass is 32.2. The average molecular weight is 299 g/mol. The molecule has 2 N–H and O–H groups in total. The molecule has 0 aromatic heterocycles. The summed E-state index contributed by atoms with van der Waals surface area (Å²) in [6.07, 6.45) is 2.62. The molecule has 0 heterocycles. The van der Waals surface area contributed by atoms with Crippen molar-refractivity contribution in [2.24, 2.45) is 0 Å². The zero-order valence-electron chi connectivity index (χ0n) is 11.8. The van der Waals surface area contributed by atoms with E-state index in [-0.39, 0.29) is 6.03 Å². The van der Waals surface area contributed by atoms with Gasteiger partial charge in [0.2, 0.25) is 0 Å². The van der Waals surface area contributed by atoms with Gasteiger partial charge in [0.1, 0.15) is 6.04 Å². The number of thioether (sulfide) groups is 1. The van der Waals surface area contributed by atoms with Gasteiger partial charge in [0.25, 0.3) is 0 Å². The molecule has 4 nitrogen and oxygen atoms in total. The van der Waals surface area contributed by atoms with Gasteiger partial charge in [-0.2, -0.15) is 17.0 Å². The molecule has 108 valence electrons. The molecule has 2 aromatic carbocycles. The Balaban J connectivity index is 2.06. The van der Waals surface area contributed by atoms with Crippen molar-refractivity contribution in [2.45, 2.75) is 12.5 Å². The number of amides is 2. The Morgan fingerprint density at radius 2 is 2.05 bits per heavy atom. The highest BCUT2D eigenvalue weighted by Gasteiger charge is 2.11. The summed E-state index contributed by atoms with van der Waals surface area (Å²) in [5.74, 6) is 0.840. The molecule has 5 heteroatoms. The molecule has 0 aliphatic heterocycles. The van der Waals surface area contributed by atoms with Gasteiger partial charge in [0, 0.05) is 5.39 Å². The first-order valence-electron chi connectivity index (χ1n) is 6.68. The number of anilines is 1. The van der Waals surface area contributed by atoms with Crippen molar-refractivity contribution in [3.63, 3.8) is 0 Å². The number of hydrogen-bond donors (Lipinski definition) is 2. The number of nitriles is 1. The second kappa shape index (κ2) is 7.55. The van der Waals surface area contributed by atoms with Crippen LogP contribution in [-0.2, 0) is 0 Å². The number of fused-ring (bicyclic) bond motifs is 1.